The number of amides is 1. The highest BCUT2D eigenvalue weighted by Crippen LogP contribution is 2.20. The van der Waals surface area contributed by atoms with Crippen molar-refractivity contribution in [2.24, 2.45) is 5.92 Å². The Kier molecular flexibility index (Phi) is 7.15. The first-order chi connectivity index (χ1) is 10.7. The minimum atomic E-state index is 0. The number of nitrogens with one attached hydrogen (secondary N) is 1. The van der Waals surface area contributed by atoms with Crippen molar-refractivity contribution in [2.75, 3.05) is 39.3 Å². The first-order valence-electron chi connectivity index (χ1n) is 8.19. The Balaban J connectivity index is 0.00000192. The summed E-state index contributed by atoms with van der Waals surface area (Å²) in [5.74, 6) is 0.593. The van der Waals surface area contributed by atoms with Gasteiger partial charge in [0.15, 0.2) is 0 Å². The molecule has 0 aromatic heterocycles. The maximum atomic E-state index is 12.5. The zero-order valence-corrected chi connectivity index (χ0v) is 14.9. The Morgan fingerprint density at radius 1 is 1.13 bits per heavy atom. The summed E-state index contributed by atoms with van der Waals surface area (Å²) in [6, 6.07) is 8.00. The van der Waals surface area contributed by atoms with Crippen LogP contribution in [0.2, 0.25) is 5.02 Å². The topological polar surface area (TPSA) is 35.6 Å². The van der Waals surface area contributed by atoms with E-state index in [-0.39, 0.29) is 18.3 Å². The minimum Gasteiger partial charge on any atom is -0.340 e. The Hall–Kier alpha value is -0.810. The second kappa shape index (κ2) is 8.88. The Morgan fingerprint density at radius 2 is 1.78 bits per heavy atom. The fraction of sp³-hybridized carbons (Fsp3) is 0.588. The van der Waals surface area contributed by atoms with Gasteiger partial charge in [-0.2, -0.15) is 0 Å². The van der Waals surface area contributed by atoms with Crippen LogP contribution in [-0.2, 0) is 11.3 Å². The van der Waals surface area contributed by atoms with E-state index in [1.165, 1.54) is 5.56 Å². The molecule has 0 bridgehead atoms. The van der Waals surface area contributed by atoms with E-state index in [1.807, 2.05) is 18.2 Å². The van der Waals surface area contributed by atoms with E-state index in [0.29, 0.717) is 5.91 Å². The van der Waals surface area contributed by atoms with Crippen LogP contribution in [0, 0.1) is 5.92 Å². The van der Waals surface area contributed by atoms with Crippen LogP contribution in [0.3, 0.4) is 0 Å². The molecule has 1 amide bonds. The summed E-state index contributed by atoms with van der Waals surface area (Å²) in [5.41, 5.74) is 1.17. The fourth-order valence-corrected chi connectivity index (χ4v) is 3.52. The van der Waals surface area contributed by atoms with Gasteiger partial charge in [-0.15, -0.1) is 12.4 Å². The molecule has 1 aromatic carbocycles. The molecule has 0 spiro atoms. The van der Waals surface area contributed by atoms with Crippen LogP contribution in [0.5, 0.6) is 0 Å². The third-order valence-electron chi connectivity index (χ3n) is 4.72. The lowest BCUT2D eigenvalue weighted by Gasteiger charge is -2.37. The summed E-state index contributed by atoms with van der Waals surface area (Å²) in [6.45, 7) is 6.37. The Labute approximate surface area is 149 Å². The molecular formula is C17H25Cl2N3O. The zero-order chi connectivity index (χ0) is 15.4. The largest absolute Gasteiger partial charge is 0.340 e. The molecule has 2 heterocycles. The van der Waals surface area contributed by atoms with E-state index in [0.717, 1.165) is 63.7 Å². The molecule has 128 valence electrons. The van der Waals surface area contributed by atoms with Crippen LogP contribution in [-0.4, -0.2) is 55.0 Å². The zero-order valence-electron chi connectivity index (χ0n) is 13.3. The molecule has 3 rings (SSSR count). The van der Waals surface area contributed by atoms with Crippen LogP contribution >= 0.6 is 24.0 Å². The average Bonchev–Trinajstić information content (AvgIpc) is 2.58. The van der Waals surface area contributed by atoms with Crippen molar-refractivity contribution < 1.29 is 4.79 Å². The van der Waals surface area contributed by atoms with Crippen molar-refractivity contribution in [3.05, 3.63) is 34.9 Å². The molecule has 23 heavy (non-hydrogen) atoms. The summed E-state index contributed by atoms with van der Waals surface area (Å²) in [6.07, 6.45) is 1.97. The van der Waals surface area contributed by atoms with Gasteiger partial charge in [0.1, 0.15) is 0 Å². The van der Waals surface area contributed by atoms with E-state index in [2.05, 4.69) is 21.2 Å². The number of piperazine rings is 1. The maximum absolute atomic E-state index is 12.5. The molecule has 0 unspecified atom stereocenters. The molecule has 0 atom stereocenters. The van der Waals surface area contributed by atoms with Crippen LogP contribution in [0.15, 0.2) is 24.3 Å². The number of piperidine rings is 1. The van der Waals surface area contributed by atoms with E-state index < -0.39 is 0 Å². The molecule has 1 N–H and O–H groups in total. The monoisotopic (exact) mass is 357 g/mol. The van der Waals surface area contributed by atoms with Crippen molar-refractivity contribution in [3.63, 3.8) is 0 Å². The molecule has 2 fully saturated rings. The normalized spacial score (nSPS) is 20.1. The molecule has 1 aromatic rings. The number of hydrogen-bond donors (Lipinski definition) is 1. The summed E-state index contributed by atoms with van der Waals surface area (Å²) >= 11 is 6.23. The number of hydrogen-bond acceptors (Lipinski definition) is 3. The molecule has 4 nitrogen and oxygen atoms in total. The van der Waals surface area contributed by atoms with Crippen molar-refractivity contribution >= 4 is 29.9 Å². The third-order valence-corrected chi connectivity index (χ3v) is 5.09. The minimum absolute atomic E-state index is 0. The van der Waals surface area contributed by atoms with Gasteiger partial charge < -0.3 is 10.2 Å². The highest BCUT2D eigenvalue weighted by Gasteiger charge is 2.28. The lowest BCUT2D eigenvalue weighted by atomic mass is 9.96. The van der Waals surface area contributed by atoms with Gasteiger partial charge in [0.2, 0.25) is 5.91 Å². The standard InChI is InChI=1S/C17H24ClN3O.ClH/c18-16-4-2-1-3-15(16)13-20-9-11-21(12-10-20)17(22)14-5-7-19-8-6-14;/h1-4,14,19H,5-13H2;1H. The summed E-state index contributed by atoms with van der Waals surface area (Å²) in [5, 5.41) is 4.15. The van der Waals surface area contributed by atoms with Crippen LogP contribution in [0.25, 0.3) is 0 Å². The second-order valence-electron chi connectivity index (χ2n) is 6.22. The summed E-state index contributed by atoms with van der Waals surface area (Å²) in [7, 11) is 0. The lowest BCUT2D eigenvalue weighted by Crippen LogP contribution is -2.51. The van der Waals surface area contributed by atoms with Gasteiger partial charge in [-0.25, -0.2) is 0 Å². The van der Waals surface area contributed by atoms with Crippen LogP contribution < -0.4 is 5.32 Å². The van der Waals surface area contributed by atoms with Gasteiger partial charge in [0.05, 0.1) is 0 Å². The van der Waals surface area contributed by atoms with E-state index in [1.54, 1.807) is 0 Å². The van der Waals surface area contributed by atoms with E-state index >= 15 is 0 Å². The molecule has 0 radical (unpaired) electrons. The summed E-state index contributed by atoms with van der Waals surface area (Å²) in [4.78, 5) is 17.0. The third kappa shape index (κ3) is 4.83. The van der Waals surface area contributed by atoms with Gasteiger partial charge in [-0.1, -0.05) is 29.8 Å². The molecule has 6 heteroatoms. The number of nitrogens with zero attached hydrogens (tertiary/aromatic N) is 2. The molecule has 0 aliphatic carbocycles. The maximum Gasteiger partial charge on any atom is 0.225 e. The Morgan fingerprint density at radius 3 is 2.43 bits per heavy atom. The fourth-order valence-electron chi connectivity index (χ4n) is 3.32. The molecule has 2 saturated heterocycles. The quantitative estimate of drug-likeness (QED) is 0.901. The average molecular weight is 358 g/mol. The Bertz CT molecular complexity index is 512. The van der Waals surface area contributed by atoms with Crippen LogP contribution in [0.1, 0.15) is 18.4 Å². The van der Waals surface area contributed by atoms with Gasteiger partial charge in [0.25, 0.3) is 0 Å². The van der Waals surface area contributed by atoms with E-state index in [9.17, 15) is 4.79 Å². The van der Waals surface area contributed by atoms with Crippen molar-refractivity contribution in [1.82, 2.24) is 15.1 Å². The second-order valence-corrected chi connectivity index (χ2v) is 6.62. The summed E-state index contributed by atoms with van der Waals surface area (Å²) < 4.78 is 0. The number of rotatable bonds is 3. The molecule has 2 aliphatic heterocycles. The SMILES string of the molecule is Cl.O=C(C1CCNCC1)N1CCN(Cc2ccccc2Cl)CC1. The molecular weight excluding hydrogens is 333 g/mol. The number of benzene rings is 1. The van der Waals surface area contributed by atoms with Crippen molar-refractivity contribution in [2.45, 2.75) is 19.4 Å². The predicted molar refractivity (Wildman–Crippen MR) is 96.2 cm³/mol. The number of carbonyl (C=O) groups excluding carboxylic acids is 1. The smallest absolute Gasteiger partial charge is 0.225 e. The predicted octanol–water partition coefficient (Wildman–Crippen LogP) is 2.41. The van der Waals surface area contributed by atoms with Gasteiger partial charge >= 0.3 is 0 Å². The highest BCUT2D eigenvalue weighted by atomic mass is 35.5. The van der Waals surface area contributed by atoms with E-state index in [4.69, 9.17) is 11.6 Å². The first kappa shape index (κ1) is 18.5. The van der Waals surface area contributed by atoms with Gasteiger partial charge in [-0.05, 0) is 37.6 Å². The van der Waals surface area contributed by atoms with Gasteiger partial charge in [0, 0.05) is 43.7 Å². The number of carbonyl (C=O) groups is 1. The van der Waals surface area contributed by atoms with Gasteiger partial charge in [-0.3, -0.25) is 9.69 Å². The highest BCUT2D eigenvalue weighted by molar-refractivity contribution is 6.31. The molecule has 0 saturated carbocycles. The lowest BCUT2D eigenvalue weighted by molar-refractivity contribution is -0.138. The van der Waals surface area contributed by atoms with Crippen LogP contribution in [0.4, 0.5) is 0 Å². The first-order valence-corrected chi connectivity index (χ1v) is 8.57. The van der Waals surface area contributed by atoms with Crippen molar-refractivity contribution in [3.8, 4) is 0 Å². The van der Waals surface area contributed by atoms with Crippen molar-refractivity contribution in [1.29, 1.82) is 0 Å². The molecule has 2 aliphatic rings. The number of halogens is 2.